The van der Waals surface area contributed by atoms with Gasteiger partial charge < -0.3 is 38.7 Å². The summed E-state index contributed by atoms with van der Waals surface area (Å²) in [7, 11) is 1.55. The van der Waals surface area contributed by atoms with Crippen molar-refractivity contribution in [1.29, 1.82) is 5.41 Å². The number of nitrogens with one attached hydrogen (secondary N) is 2. The molecule has 0 bridgehead atoms. The van der Waals surface area contributed by atoms with Crippen LogP contribution in [0.3, 0.4) is 0 Å². The molecule has 0 saturated carbocycles. The van der Waals surface area contributed by atoms with E-state index in [0.29, 0.717) is 32.1 Å². The molecular formula is C41H69N4O6P. The van der Waals surface area contributed by atoms with Gasteiger partial charge in [-0.15, -0.1) is 0 Å². The van der Waals surface area contributed by atoms with Crippen molar-refractivity contribution < 1.29 is 28.0 Å². The van der Waals surface area contributed by atoms with Crippen LogP contribution in [-0.2, 0) is 35.5 Å². The predicted molar refractivity (Wildman–Crippen MR) is 214 cm³/mol. The summed E-state index contributed by atoms with van der Waals surface area (Å²) >= 11 is 0. The molecule has 2 aromatic rings. The van der Waals surface area contributed by atoms with Gasteiger partial charge in [-0.3, -0.25) is 5.41 Å². The number of ether oxygens (including phenoxy) is 4. The molecule has 2 heterocycles. The number of benzene rings is 1. The second-order valence-corrected chi connectivity index (χ2v) is 15.1. The number of methoxy groups -OCH3 is 1. The van der Waals surface area contributed by atoms with Crippen molar-refractivity contribution in [2.24, 2.45) is 10.7 Å². The third kappa shape index (κ3) is 18.1. The largest absolute Gasteiger partial charge is 0.497 e. The smallest absolute Gasteiger partial charge is 0.155 e. The Morgan fingerprint density at radius 3 is 2.29 bits per heavy atom. The van der Waals surface area contributed by atoms with Crippen LogP contribution in [0.15, 0.2) is 41.4 Å². The predicted octanol–water partition coefficient (Wildman–Crippen LogP) is 10.1. The van der Waals surface area contributed by atoms with E-state index in [-0.39, 0.29) is 27.1 Å². The first kappa shape index (κ1) is 44.1. The fourth-order valence-corrected chi connectivity index (χ4v) is 7.20. The second kappa shape index (κ2) is 27.3. The average molecular weight is 745 g/mol. The van der Waals surface area contributed by atoms with Gasteiger partial charge in [0.2, 0.25) is 0 Å². The molecule has 0 aliphatic carbocycles. The third-order valence-electron chi connectivity index (χ3n) is 9.83. The summed E-state index contributed by atoms with van der Waals surface area (Å²) in [5.41, 5.74) is 8.11. The Balaban J connectivity index is 1.26. The van der Waals surface area contributed by atoms with Crippen LogP contribution in [0.25, 0.3) is 0 Å². The summed E-state index contributed by atoms with van der Waals surface area (Å²) in [6.07, 6.45) is 24.1. The maximum atomic E-state index is 7.14. The van der Waals surface area contributed by atoms with E-state index in [2.05, 4.69) is 23.8 Å². The summed E-state index contributed by atoms with van der Waals surface area (Å²) in [4.78, 5) is 7.13. The Bertz CT molecular complexity index is 1250. The van der Waals surface area contributed by atoms with E-state index in [1.54, 1.807) is 7.11 Å². The number of H-pyrrole nitrogens is 1. The van der Waals surface area contributed by atoms with Gasteiger partial charge >= 0.3 is 0 Å². The lowest BCUT2D eigenvalue weighted by Crippen LogP contribution is -2.25. The van der Waals surface area contributed by atoms with Crippen molar-refractivity contribution in [3.8, 4) is 5.75 Å². The first-order chi connectivity index (χ1) is 25.5. The van der Waals surface area contributed by atoms with E-state index >= 15 is 0 Å². The van der Waals surface area contributed by atoms with Crippen molar-refractivity contribution >= 4 is 21.2 Å². The van der Waals surface area contributed by atoms with E-state index < -0.39 is 5.60 Å². The Hall–Kier alpha value is -2.33. The number of unbranched alkanes of at least 4 members (excludes halogenated alkanes) is 15. The Kier molecular flexibility index (Phi) is 23.1. The van der Waals surface area contributed by atoms with E-state index in [0.717, 1.165) is 49.2 Å². The Morgan fingerprint density at radius 2 is 1.63 bits per heavy atom. The molecule has 11 heteroatoms. The Morgan fingerprint density at radius 1 is 0.962 bits per heavy atom. The van der Waals surface area contributed by atoms with Gasteiger partial charge in [-0.05, 0) is 56.0 Å². The number of hydrogen-bond donors (Lipinski definition) is 3. The maximum absolute atomic E-state index is 7.14. The minimum absolute atomic E-state index is 0.0383. The minimum atomic E-state index is -0.468. The van der Waals surface area contributed by atoms with Gasteiger partial charge in [0, 0.05) is 12.3 Å². The number of nitrogens with two attached hydrogens (primary N) is 1. The molecule has 1 aromatic heterocycles. The highest BCUT2D eigenvalue weighted by molar-refractivity contribution is 7.26. The topological polar surface area (TPSA) is 133 Å². The van der Waals surface area contributed by atoms with Gasteiger partial charge in [0.05, 0.1) is 45.3 Å². The lowest BCUT2D eigenvalue weighted by Gasteiger charge is -2.24. The van der Waals surface area contributed by atoms with Crippen molar-refractivity contribution in [2.75, 3.05) is 33.5 Å². The van der Waals surface area contributed by atoms with Crippen LogP contribution >= 0.6 is 9.03 Å². The Labute approximate surface area is 316 Å². The van der Waals surface area contributed by atoms with Gasteiger partial charge in [-0.2, -0.15) is 0 Å². The van der Waals surface area contributed by atoms with Crippen LogP contribution in [0.5, 0.6) is 5.75 Å². The summed E-state index contributed by atoms with van der Waals surface area (Å²) < 4.78 is 35.9. The SMILES string of the molecule is CCCCCCCCCCCCCCCCCCOCC(COPOCC1CC[C@](C)(c2ccc(C(N)=NC=N)[nH]2)O1)OCc1cccc(OC)c1. The van der Waals surface area contributed by atoms with Crippen molar-refractivity contribution in [2.45, 2.75) is 154 Å². The summed E-state index contributed by atoms with van der Waals surface area (Å²) in [6, 6.07) is 11.7. The van der Waals surface area contributed by atoms with Crippen LogP contribution < -0.4 is 10.5 Å². The number of hydrogen-bond acceptors (Lipinski definition) is 7. The van der Waals surface area contributed by atoms with E-state index in [9.17, 15) is 0 Å². The number of rotatable bonds is 32. The standard InChI is InChI=1S/C41H69N4O6P/c1-4-5-6-7-8-9-10-11-12-13-14-15-16-17-18-19-27-47-30-37(48-29-34-21-20-22-35(28-34)46-3)32-50-52-49-31-36-25-26-41(2,51-36)39-24-23-38(45-39)40(43)44-33-42/h20-24,28,33,36-37,45,52H,4-19,25-27,29-32H2,1-3H3,(H3,42,43,44)/t36?,37?,41-/m1/s1. The molecule has 0 spiro atoms. The molecule has 1 fully saturated rings. The molecule has 1 aliphatic rings. The van der Waals surface area contributed by atoms with E-state index in [1.807, 2.05) is 36.4 Å². The zero-order valence-electron chi connectivity index (χ0n) is 32.4. The average Bonchev–Trinajstić information content (AvgIpc) is 3.81. The number of aromatic amines is 1. The fraction of sp³-hybridized carbons (Fsp3) is 0.707. The molecule has 3 rings (SSSR count). The normalized spacial score (nSPS) is 18.4. The molecule has 4 N–H and O–H groups in total. The molecule has 0 radical (unpaired) electrons. The van der Waals surface area contributed by atoms with Gasteiger partial charge in [0.15, 0.2) is 9.03 Å². The third-order valence-corrected chi connectivity index (χ3v) is 10.4. The zero-order valence-corrected chi connectivity index (χ0v) is 33.4. The molecule has 294 valence electrons. The monoisotopic (exact) mass is 744 g/mol. The molecule has 10 nitrogen and oxygen atoms in total. The highest BCUT2D eigenvalue weighted by Gasteiger charge is 2.38. The van der Waals surface area contributed by atoms with Crippen molar-refractivity contribution in [3.05, 3.63) is 53.3 Å². The first-order valence-corrected chi connectivity index (χ1v) is 20.8. The van der Waals surface area contributed by atoms with Gasteiger partial charge in [-0.25, -0.2) is 4.99 Å². The lowest BCUT2D eigenvalue weighted by molar-refractivity contribution is -0.0543. The molecule has 4 atom stereocenters. The quantitative estimate of drug-likeness (QED) is 0.0294. The van der Waals surface area contributed by atoms with Crippen LogP contribution in [0.1, 0.15) is 146 Å². The number of aromatic nitrogens is 1. The molecule has 1 aliphatic heterocycles. The van der Waals surface area contributed by atoms with Gasteiger partial charge in [-0.1, -0.05) is 115 Å². The molecular weight excluding hydrogens is 675 g/mol. The van der Waals surface area contributed by atoms with Gasteiger partial charge in [0.25, 0.3) is 0 Å². The fourth-order valence-electron chi connectivity index (χ4n) is 6.61. The molecule has 1 aromatic carbocycles. The minimum Gasteiger partial charge on any atom is -0.497 e. The number of amidine groups is 1. The van der Waals surface area contributed by atoms with Crippen LogP contribution in [0.2, 0.25) is 0 Å². The van der Waals surface area contributed by atoms with Gasteiger partial charge in [0.1, 0.15) is 29.6 Å². The molecule has 52 heavy (non-hydrogen) atoms. The van der Waals surface area contributed by atoms with Crippen LogP contribution in [-0.4, -0.2) is 62.9 Å². The highest BCUT2D eigenvalue weighted by Crippen LogP contribution is 2.39. The highest BCUT2D eigenvalue weighted by atomic mass is 31.1. The van der Waals surface area contributed by atoms with Crippen molar-refractivity contribution in [1.82, 2.24) is 4.98 Å². The van der Waals surface area contributed by atoms with Crippen molar-refractivity contribution in [3.63, 3.8) is 0 Å². The summed E-state index contributed by atoms with van der Waals surface area (Å²) in [5.74, 6) is 1.09. The molecule has 0 amide bonds. The number of nitrogens with zero attached hydrogens (tertiary/aromatic N) is 1. The lowest BCUT2D eigenvalue weighted by atomic mass is 9.98. The summed E-state index contributed by atoms with van der Waals surface area (Å²) in [5, 5.41) is 7.14. The first-order valence-electron chi connectivity index (χ1n) is 20.0. The van der Waals surface area contributed by atoms with Crippen LogP contribution in [0, 0.1) is 5.41 Å². The van der Waals surface area contributed by atoms with E-state index in [4.69, 9.17) is 39.1 Å². The maximum Gasteiger partial charge on any atom is 0.155 e. The molecule has 1 saturated heterocycles. The second-order valence-electron chi connectivity index (χ2n) is 14.3. The number of aliphatic imine (C=N–C) groups is 1. The van der Waals surface area contributed by atoms with Crippen LogP contribution in [0.4, 0.5) is 0 Å². The summed E-state index contributed by atoms with van der Waals surface area (Å²) in [6.45, 7) is 6.84. The zero-order chi connectivity index (χ0) is 37.1. The van der Waals surface area contributed by atoms with E-state index in [1.165, 1.54) is 96.3 Å². The molecule has 3 unspecified atom stereocenters.